The lowest BCUT2D eigenvalue weighted by Crippen LogP contribution is -2.12. The summed E-state index contributed by atoms with van der Waals surface area (Å²) in [5.74, 6) is 2.80. The van der Waals surface area contributed by atoms with Gasteiger partial charge in [0.2, 0.25) is 0 Å². The zero-order valence-corrected chi connectivity index (χ0v) is 12.1. The maximum atomic E-state index is 6.05. The van der Waals surface area contributed by atoms with Crippen molar-refractivity contribution in [1.82, 2.24) is 9.55 Å². The summed E-state index contributed by atoms with van der Waals surface area (Å²) in [4.78, 5) is 4.69. The normalized spacial score (nSPS) is 19.8. The van der Waals surface area contributed by atoms with E-state index in [0.717, 1.165) is 23.1 Å². The number of thioether (sulfide) groups is 1. The van der Waals surface area contributed by atoms with Gasteiger partial charge in [0.05, 0.1) is 16.9 Å². The molecule has 1 aromatic heterocycles. The van der Waals surface area contributed by atoms with E-state index in [9.17, 15) is 0 Å². The van der Waals surface area contributed by atoms with Crippen molar-refractivity contribution in [3.8, 4) is 0 Å². The predicted molar refractivity (Wildman–Crippen MR) is 79.5 cm³/mol. The highest BCUT2D eigenvalue weighted by Gasteiger charge is 2.19. The fraction of sp³-hybridized carbons (Fsp3) is 0.500. The van der Waals surface area contributed by atoms with Crippen LogP contribution < -0.4 is 0 Å². The van der Waals surface area contributed by atoms with Crippen LogP contribution in [0.3, 0.4) is 0 Å². The van der Waals surface area contributed by atoms with E-state index < -0.39 is 0 Å². The summed E-state index contributed by atoms with van der Waals surface area (Å²) in [5, 5.41) is 0.727. The third-order valence-electron chi connectivity index (χ3n) is 3.59. The predicted octanol–water partition coefficient (Wildman–Crippen LogP) is 3.98. The number of imidazole rings is 1. The van der Waals surface area contributed by atoms with Gasteiger partial charge in [-0.15, -0.1) is 11.6 Å². The highest BCUT2D eigenvalue weighted by molar-refractivity contribution is 8.00. The first-order valence-corrected chi connectivity index (χ1v) is 8.00. The van der Waals surface area contributed by atoms with Gasteiger partial charge in [0.15, 0.2) is 0 Å². The highest BCUT2D eigenvalue weighted by atomic mass is 35.5. The molecule has 2 nitrogen and oxygen atoms in total. The molecule has 1 aliphatic heterocycles. The first-order valence-electron chi connectivity index (χ1n) is 6.42. The molecular weight excluding hydrogens is 264 g/mol. The molecule has 1 aromatic carbocycles. The van der Waals surface area contributed by atoms with Crippen molar-refractivity contribution < 1.29 is 0 Å². The van der Waals surface area contributed by atoms with E-state index in [1.54, 1.807) is 0 Å². The standard InChI is InChI=1S/C14H17ClN2S/c1-10-4-2-6-12-14(10)16-13(8-15)17(12)9-11-5-3-7-18-11/h2,4,6,11H,3,5,7-9H2,1H3. The van der Waals surface area contributed by atoms with Gasteiger partial charge in [-0.05, 0) is 37.1 Å². The molecule has 0 saturated carbocycles. The van der Waals surface area contributed by atoms with Crippen LogP contribution in [-0.4, -0.2) is 20.6 Å². The molecule has 1 aliphatic rings. The second-order valence-corrected chi connectivity index (χ2v) is 6.53. The minimum Gasteiger partial charge on any atom is -0.326 e. The summed E-state index contributed by atoms with van der Waals surface area (Å²) in [6, 6.07) is 6.38. The summed E-state index contributed by atoms with van der Waals surface area (Å²) in [5.41, 5.74) is 3.57. The fourth-order valence-electron chi connectivity index (χ4n) is 2.63. The summed E-state index contributed by atoms with van der Waals surface area (Å²) >= 11 is 8.13. The van der Waals surface area contributed by atoms with Crippen LogP contribution in [0.2, 0.25) is 0 Å². The average molecular weight is 281 g/mol. The number of hydrogen-bond acceptors (Lipinski definition) is 2. The zero-order chi connectivity index (χ0) is 12.5. The zero-order valence-electron chi connectivity index (χ0n) is 10.5. The first-order chi connectivity index (χ1) is 8.79. The number of fused-ring (bicyclic) bond motifs is 1. The van der Waals surface area contributed by atoms with Crippen molar-refractivity contribution in [2.75, 3.05) is 5.75 Å². The Bertz CT molecular complexity index is 558. The van der Waals surface area contributed by atoms with Crippen LogP contribution in [0.4, 0.5) is 0 Å². The monoisotopic (exact) mass is 280 g/mol. The Morgan fingerprint density at radius 2 is 2.39 bits per heavy atom. The van der Waals surface area contributed by atoms with Crippen molar-refractivity contribution in [2.24, 2.45) is 0 Å². The maximum Gasteiger partial charge on any atom is 0.124 e. The summed E-state index contributed by atoms with van der Waals surface area (Å²) in [6.07, 6.45) is 2.66. The Kier molecular flexibility index (Phi) is 3.53. The first kappa shape index (κ1) is 12.4. The second-order valence-electron chi connectivity index (χ2n) is 4.85. The van der Waals surface area contributed by atoms with E-state index >= 15 is 0 Å². The molecule has 0 aliphatic carbocycles. The topological polar surface area (TPSA) is 17.8 Å². The molecule has 4 heteroatoms. The van der Waals surface area contributed by atoms with Gasteiger partial charge >= 0.3 is 0 Å². The number of halogens is 1. The number of para-hydroxylation sites is 1. The fourth-order valence-corrected chi connectivity index (χ4v) is 4.09. The minimum atomic E-state index is 0.492. The van der Waals surface area contributed by atoms with E-state index in [1.807, 2.05) is 0 Å². The number of rotatable bonds is 3. The number of aromatic nitrogens is 2. The third-order valence-corrected chi connectivity index (χ3v) is 5.21. The smallest absolute Gasteiger partial charge is 0.124 e. The Labute approximate surface area is 117 Å². The van der Waals surface area contributed by atoms with Crippen LogP contribution in [0.15, 0.2) is 18.2 Å². The number of hydrogen-bond donors (Lipinski definition) is 0. The molecule has 0 radical (unpaired) electrons. The van der Waals surface area contributed by atoms with Crippen LogP contribution in [0.5, 0.6) is 0 Å². The van der Waals surface area contributed by atoms with Crippen molar-refractivity contribution >= 4 is 34.4 Å². The number of alkyl halides is 1. The SMILES string of the molecule is Cc1cccc2c1nc(CCl)n2CC1CCCS1. The van der Waals surface area contributed by atoms with Crippen LogP contribution in [0.1, 0.15) is 24.2 Å². The van der Waals surface area contributed by atoms with Crippen molar-refractivity contribution in [1.29, 1.82) is 0 Å². The second kappa shape index (κ2) is 5.14. The molecule has 1 unspecified atom stereocenters. The van der Waals surface area contributed by atoms with Crippen LogP contribution in [-0.2, 0) is 12.4 Å². The van der Waals surface area contributed by atoms with E-state index in [2.05, 4.69) is 41.5 Å². The highest BCUT2D eigenvalue weighted by Crippen LogP contribution is 2.30. The van der Waals surface area contributed by atoms with Gasteiger partial charge in [-0.2, -0.15) is 11.8 Å². The third kappa shape index (κ3) is 2.14. The Balaban J connectivity index is 2.04. The Morgan fingerprint density at radius 3 is 3.11 bits per heavy atom. The maximum absolute atomic E-state index is 6.05. The Hall–Kier alpha value is -0.670. The molecule has 1 fully saturated rings. The number of benzene rings is 1. The molecule has 2 aromatic rings. The van der Waals surface area contributed by atoms with Crippen molar-refractivity contribution in [3.63, 3.8) is 0 Å². The molecule has 0 spiro atoms. The molecule has 0 bridgehead atoms. The summed E-state index contributed by atoms with van der Waals surface area (Å²) < 4.78 is 2.32. The lowest BCUT2D eigenvalue weighted by molar-refractivity contribution is 0.634. The van der Waals surface area contributed by atoms with Crippen molar-refractivity contribution in [2.45, 2.75) is 37.4 Å². The van der Waals surface area contributed by atoms with Crippen LogP contribution in [0.25, 0.3) is 11.0 Å². The van der Waals surface area contributed by atoms with Gasteiger partial charge in [-0.25, -0.2) is 4.98 Å². The lowest BCUT2D eigenvalue weighted by atomic mass is 10.2. The average Bonchev–Trinajstić information content (AvgIpc) is 2.99. The van der Waals surface area contributed by atoms with Gasteiger partial charge in [-0.3, -0.25) is 0 Å². The summed E-state index contributed by atoms with van der Waals surface area (Å²) in [6.45, 7) is 3.16. The number of aryl methyl sites for hydroxylation is 1. The molecule has 96 valence electrons. The molecular formula is C14H17ClN2S. The van der Waals surface area contributed by atoms with Crippen LogP contribution >= 0.6 is 23.4 Å². The number of nitrogens with zero attached hydrogens (tertiary/aromatic N) is 2. The van der Waals surface area contributed by atoms with E-state index in [4.69, 9.17) is 16.6 Å². The van der Waals surface area contributed by atoms with Gasteiger partial charge in [0.1, 0.15) is 5.82 Å². The molecule has 2 heterocycles. The Morgan fingerprint density at radius 1 is 1.50 bits per heavy atom. The van der Waals surface area contributed by atoms with Gasteiger partial charge in [0, 0.05) is 11.8 Å². The van der Waals surface area contributed by atoms with E-state index in [-0.39, 0.29) is 0 Å². The molecule has 18 heavy (non-hydrogen) atoms. The van der Waals surface area contributed by atoms with Gasteiger partial charge in [-0.1, -0.05) is 12.1 Å². The molecule has 1 saturated heterocycles. The molecule has 1 atom stereocenters. The summed E-state index contributed by atoms with van der Waals surface area (Å²) in [7, 11) is 0. The van der Waals surface area contributed by atoms with Crippen molar-refractivity contribution in [3.05, 3.63) is 29.6 Å². The van der Waals surface area contributed by atoms with E-state index in [1.165, 1.54) is 29.7 Å². The lowest BCUT2D eigenvalue weighted by Gasteiger charge is -2.12. The van der Waals surface area contributed by atoms with E-state index in [0.29, 0.717) is 5.88 Å². The largest absolute Gasteiger partial charge is 0.326 e. The van der Waals surface area contributed by atoms with Crippen LogP contribution in [0, 0.1) is 6.92 Å². The quantitative estimate of drug-likeness (QED) is 0.792. The van der Waals surface area contributed by atoms with Gasteiger partial charge < -0.3 is 4.57 Å². The minimum absolute atomic E-state index is 0.492. The molecule has 0 amide bonds. The van der Waals surface area contributed by atoms with Gasteiger partial charge in [0.25, 0.3) is 0 Å². The molecule has 3 rings (SSSR count). The molecule has 0 N–H and O–H groups in total.